The Morgan fingerprint density at radius 1 is 1.38 bits per heavy atom. The topological polar surface area (TPSA) is 67.4 Å². The molecule has 0 atom stereocenters. The van der Waals surface area contributed by atoms with E-state index in [-0.39, 0.29) is 5.91 Å². The van der Waals surface area contributed by atoms with Crippen LogP contribution in [-0.4, -0.2) is 35.5 Å². The van der Waals surface area contributed by atoms with Crippen LogP contribution in [0.15, 0.2) is 18.2 Å². The van der Waals surface area contributed by atoms with E-state index in [0.29, 0.717) is 19.4 Å². The Balaban J connectivity index is 1.74. The van der Waals surface area contributed by atoms with Gasteiger partial charge in [-0.1, -0.05) is 6.92 Å². The van der Waals surface area contributed by atoms with Crippen LogP contribution < -0.4 is 10.2 Å². The first-order chi connectivity index (χ1) is 11.7. The van der Waals surface area contributed by atoms with Crippen LogP contribution >= 0.6 is 11.5 Å². The van der Waals surface area contributed by atoms with Crippen LogP contribution in [-0.2, 0) is 22.4 Å². The van der Waals surface area contributed by atoms with E-state index in [2.05, 4.69) is 27.7 Å². The van der Waals surface area contributed by atoms with Crippen LogP contribution in [0.4, 0.5) is 16.5 Å². The summed E-state index contributed by atoms with van der Waals surface area (Å²) >= 11 is 1.35. The number of nitrogens with one attached hydrogen (secondary N) is 1. The molecule has 0 fully saturated rings. The first kappa shape index (κ1) is 16.9. The number of ether oxygens (including phenoxy) is 1. The molecule has 3 rings (SSSR count). The number of methoxy groups -OCH3 is 1. The van der Waals surface area contributed by atoms with Crippen LogP contribution in [0.1, 0.15) is 31.2 Å². The lowest BCUT2D eigenvalue weighted by molar-refractivity contribution is -0.118. The number of aromatic nitrogens is 2. The zero-order valence-corrected chi connectivity index (χ0v) is 14.9. The van der Waals surface area contributed by atoms with E-state index in [1.54, 1.807) is 7.11 Å². The van der Waals surface area contributed by atoms with Crippen molar-refractivity contribution in [2.75, 3.05) is 30.5 Å². The summed E-state index contributed by atoms with van der Waals surface area (Å²) in [7, 11) is 1.67. The van der Waals surface area contributed by atoms with Gasteiger partial charge in [0.05, 0.1) is 6.61 Å². The SMILES string of the molecule is CCCN1C(=O)CCc2cc(Nc3nc(CCOC)ns3)ccc21. The normalized spacial score (nSPS) is 13.9. The van der Waals surface area contributed by atoms with Crippen molar-refractivity contribution in [3.63, 3.8) is 0 Å². The van der Waals surface area contributed by atoms with E-state index >= 15 is 0 Å². The minimum Gasteiger partial charge on any atom is -0.384 e. The van der Waals surface area contributed by atoms with E-state index < -0.39 is 0 Å². The number of anilines is 3. The van der Waals surface area contributed by atoms with Gasteiger partial charge in [0.15, 0.2) is 0 Å². The van der Waals surface area contributed by atoms with Crippen LogP contribution in [0, 0.1) is 0 Å². The summed E-state index contributed by atoms with van der Waals surface area (Å²) in [5.74, 6) is 1.01. The highest BCUT2D eigenvalue weighted by atomic mass is 32.1. The molecular weight excluding hydrogens is 324 g/mol. The third-order valence-electron chi connectivity index (χ3n) is 3.98. The molecule has 0 spiro atoms. The maximum absolute atomic E-state index is 12.1. The Hall–Kier alpha value is -1.99. The zero-order valence-electron chi connectivity index (χ0n) is 14.0. The molecule has 128 valence electrons. The summed E-state index contributed by atoms with van der Waals surface area (Å²) in [4.78, 5) is 18.5. The number of fused-ring (bicyclic) bond motifs is 1. The fourth-order valence-corrected chi connectivity index (χ4v) is 3.46. The summed E-state index contributed by atoms with van der Waals surface area (Å²) in [6.07, 6.45) is 3.04. The molecule has 0 radical (unpaired) electrons. The standard InChI is InChI=1S/C17H22N4O2S/c1-3-9-21-14-6-5-13(11-12(14)4-7-16(21)22)18-17-19-15(20-24-17)8-10-23-2/h5-6,11H,3-4,7-10H2,1-2H3,(H,18,19,20). The van der Waals surface area contributed by atoms with E-state index in [1.165, 1.54) is 17.1 Å². The smallest absolute Gasteiger partial charge is 0.227 e. The van der Waals surface area contributed by atoms with Gasteiger partial charge in [0.1, 0.15) is 5.82 Å². The molecule has 0 aliphatic carbocycles. The highest BCUT2D eigenvalue weighted by Crippen LogP contribution is 2.31. The number of benzene rings is 1. The van der Waals surface area contributed by atoms with Crippen molar-refractivity contribution < 1.29 is 9.53 Å². The number of aryl methyl sites for hydroxylation is 1. The Morgan fingerprint density at radius 3 is 3.04 bits per heavy atom. The number of hydrogen-bond donors (Lipinski definition) is 1. The number of nitrogens with zero attached hydrogens (tertiary/aromatic N) is 3. The fourth-order valence-electron chi connectivity index (χ4n) is 2.83. The number of amides is 1. The van der Waals surface area contributed by atoms with E-state index in [9.17, 15) is 4.79 Å². The van der Waals surface area contributed by atoms with Crippen molar-refractivity contribution in [2.45, 2.75) is 32.6 Å². The Labute approximate surface area is 146 Å². The molecule has 0 unspecified atom stereocenters. The molecule has 1 aliphatic heterocycles. The van der Waals surface area contributed by atoms with Crippen molar-refractivity contribution >= 4 is 33.9 Å². The fraction of sp³-hybridized carbons (Fsp3) is 0.471. The quantitative estimate of drug-likeness (QED) is 0.834. The minimum atomic E-state index is 0.219. The molecule has 2 heterocycles. The average molecular weight is 346 g/mol. The van der Waals surface area contributed by atoms with E-state index in [4.69, 9.17) is 4.74 Å². The molecule has 24 heavy (non-hydrogen) atoms. The van der Waals surface area contributed by atoms with Gasteiger partial charge in [-0.25, -0.2) is 4.98 Å². The zero-order chi connectivity index (χ0) is 16.9. The van der Waals surface area contributed by atoms with Gasteiger partial charge in [-0.2, -0.15) is 4.37 Å². The molecule has 1 amide bonds. The maximum Gasteiger partial charge on any atom is 0.227 e. The third kappa shape index (κ3) is 3.73. The van der Waals surface area contributed by atoms with Gasteiger partial charge in [0, 0.05) is 49.4 Å². The summed E-state index contributed by atoms with van der Waals surface area (Å²) in [5.41, 5.74) is 3.22. The summed E-state index contributed by atoms with van der Waals surface area (Å²) in [6, 6.07) is 6.13. The first-order valence-electron chi connectivity index (χ1n) is 8.23. The molecule has 0 saturated heterocycles. The molecule has 7 heteroatoms. The van der Waals surface area contributed by atoms with Crippen LogP contribution in [0.5, 0.6) is 0 Å². The molecule has 0 saturated carbocycles. The van der Waals surface area contributed by atoms with Crippen molar-refractivity contribution in [3.8, 4) is 0 Å². The summed E-state index contributed by atoms with van der Waals surface area (Å²) in [5, 5.41) is 4.09. The van der Waals surface area contributed by atoms with Gasteiger partial charge in [-0.15, -0.1) is 0 Å². The van der Waals surface area contributed by atoms with Gasteiger partial charge >= 0.3 is 0 Å². The Kier molecular flexibility index (Phi) is 5.42. The molecule has 1 N–H and O–H groups in total. The highest BCUT2D eigenvalue weighted by molar-refractivity contribution is 7.09. The molecule has 1 aromatic carbocycles. The third-order valence-corrected chi connectivity index (χ3v) is 4.64. The van der Waals surface area contributed by atoms with Crippen molar-refractivity contribution in [3.05, 3.63) is 29.6 Å². The predicted molar refractivity (Wildman–Crippen MR) is 96.2 cm³/mol. The molecule has 1 aromatic heterocycles. The second-order valence-corrected chi connectivity index (χ2v) is 6.52. The van der Waals surface area contributed by atoms with Crippen LogP contribution in [0.25, 0.3) is 0 Å². The molecule has 0 bridgehead atoms. The lowest BCUT2D eigenvalue weighted by Crippen LogP contribution is -2.35. The molecule has 6 nitrogen and oxygen atoms in total. The van der Waals surface area contributed by atoms with Crippen LogP contribution in [0.3, 0.4) is 0 Å². The molecular formula is C17H22N4O2S. The monoisotopic (exact) mass is 346 g/mol. The highest BCUT2D eigenvalue weighted by Gasteiger charge is 2.23. The van der Waals surface area contributed by atoms with Crippen LogP contribution in [0.2, 0.25) is 0 Å². The van der Waals surface area contributed by atoms with E-state index in [1.807, 2.05) is 17.0 Å². The van der Waals surface area contributed by atoms with Crippen molar-refractivity contribution in [1.82, 2.24) is 9.36 Å². The molecule has 2 aromatic rings. The number of rotatable bonds is 7. The lowest BCUT2D eigenvalue weighted by Gasteiger charge is -2.29. The minimum absolute atomic E-state index is 0.219. The van der Waals surface area contributed by atoms with Gasteiger partial charge < -0.3 is 15.0 Å². The van der Waals surface area contributed by atoms with Gasteiger partial charge in [-0.3, -0.25) is 4.79 Å². The van der Waals surface area contributed by atoms with E-state index in [0.717, 1.165) is 41.7 Å². The van der Waals surface area contributed by atoms with Crippen molar-refractivity contribution in [2.24, 2.45) is 0 Å². The van der Waals surface area contributed by atoms with Gasteiger partial charge in [0.25, 0.3) is 0 Å². The predicted octanol–water partition coefficient (Wildman–Crippen LogP) is 3.16. The second-order valence-electron chi connectivity index (χ2n) is 5.77. The maximum atomic E-state index is 12.1. The Morgan fingerprint density at radius 2 is 2.25 bits per heavy atom. The number of hydrogen-bond acceptors (Lipinski definition) is 6. The summed E-state index contributed by atoms with van der Waals surface area (Å²) < 4.78 is 9.36. The lowest BCUT2D eigenvalue weighted by atomic mass is 10.00. The molecule has 1 aliphatic rings. The summed E-state index contributed by atoms with van der Waals surface area (Å²) in [6.45, 7) is 3.49. The Bertz CT molecular complexity index is 716. The number of carbonyl (C=O) groups is 1. The van der Waals surface area contributed by atoms with Gasteiger partial charge in [-0.05, 0) is 36.6 Å². The first-order valence-corrected chi connectivity index (χ1v) is 9.00. The van der Waals surface area contributed by atoms with Gasteiger partial charge in [0.2, 0.25) is 11.0 Å². The van der Waals surface area contributed by atoms with Crippen molar-refractivity contribution in [1.29, 1.82) is 0 Å². The average Bonchev–Trinajstić information content (AvgIpc) is 3.03. The largest absolute Gasteiger partial charge is 0.384 e. The second kappa shape index (κ2) is 7.72. The number of carbonyl (C=O) groups excluding carboxylic acids is 1.